The van der Waals surface area contributed by atoms with Gasteiger partial charge in [-0.3, -0.25) is 4.90 Å². The fourth-order valence-corrected chi connectivity index (χ4v) is 2.81. The van der Waals surface area contributed by atoms with E-state index in [0.717, 1.165) is 29.4 Å². The molecule has 0 amide bonds. The number of hydrogen-bond donors (Lipinski definition) is 1. The maximum Gasteiger partial charge on any atom is 0.115 e. The van der Waals surface area contributed by atoms with E-state index in [9.17, 15) is 5.11 Å². The first-order valence-electron chi connectivity index (χ1n) is 6.54. The molecule has 2 rings (SSSR count). The van der Waals surface area contributed by atoms with Crippen molar-refractivity contribution >= 4 is 11.3 Å². The van der Waals surface area contributed by atoms with E-state index in [1.165, 1.54) is 0 Å². The van der Waals surface area contributed by atoms with Crippen molar-refractivity contribution in [1.29, 1.82) is 0 Å². The maximum atomic E-state index is 9.58. The first-order chi connectivity index (χ1) is 9.10. The van der Waals surface area contributed by atoms with Crippen molar-refractivity contribution < 1.29 is 5.11 Å². The van der Waals surface area contributed by atoms with E-state index >= 15 is 0 Å². The van der Waals surface area contributed by atoms with Crippen LogP contribution in [0, 0.1) is 6.92 Å². The van der Waals surface area contributed by atoms with Crippen molar-refractivity contribution in [2.45, 2.75) is 33.4 Å². The van der Waals surface area contributed by atoms with Crippen LogP contribution in [0.15, 0.2) is 29.6 Å². The fourth-order valence-electron chi connectivity index (χ4n) is 2.21. The second kappa shape index (κ2) is 6.17. The number of phenolic OH excluding ortho intramolecular Hbond substituents is 1. The number of phenols is 1. The lowest BCUT2D eigenvalue weighted by molar-refractivity contribution is 0.210. The first kappa shape index (κ1) is 14.0. The molecule has 1 atom stereocenters. The Balaban J connectivity index is 2.12. The average molecular weight is 276 g/mol. The number of nitrogens with zero attached hydrogens (tertiary/aromatic N) is 2. The minimum atomic E-state index is 0.263. The summed E-state index contributed by atoms with van der Waals surface area (Å²) in [6.45, 7) is 8.14. The lowest BCUT2D eigenvalue weighted by Crippen LogP contribution is -2.26. The Labute approximate surface area is 118 Å². The second-order valence-corrected chi connectivity index (χ2v) is 5.75. The molecule has 1 aromatic carbocycles. The molecule has 1 N–H and O–H groups in total. The van der Waals surface area contributed by atoms with Crippen LogP contribution < -0.4 is 0 Å². The highest BCUT2D eigenvalue weighted by Crippen LogP contribution is 2.25. The van der Waals surface area contributed by atoms with Crippen LogP contribution in [0.5, 0.6) is 5.75 Å². The molecule has 0 aliphatic heterocycles. The van der Waals surface area contributed by atoms with Gasteiger partial charge in [0, 0.05) is 18.0 Å². The predicted molar refractivity (Wildman–Crippen MR) is 79.5 cm³/mol. The van der Waals surface area contributed by atoms with Crippen LogP contribution in [-0.4, -0.2) is 21.5 Å². The fraction of sp³-hybridized carbons (Fsp3) is 0.400. The van der Waals surface area contributed by atoms with Crippen LogP contribution in [-0.2, 0) is 6.54 Å². The molecule has 1 heterocycles. The molecule has 102 valence electrons. The minimum Gasteiger partial charge on any atom is -0.508 e. The van der Waals surface area contributed by atoms with Crippen LogP contribution >= 0.6 is 11.3 Å². The quantitative estimate of drug-likeness (QED) is 0.903. The van der Waals surface area contributed by atoms with Crippen LogP contribution in [0.3, 0.4) is 0 Å². The highest BCUT2D eigenvalue weighted by molar-refractivity contribution is 7.09. The highest BCUT2D eigenvalue weighted by Gasteiger charge is 2.16. The summed E-state index contributed by atoms with van der Waals surface area (Å²) in [4.78, 5) is 6.87. The Morgan fingerprint density at radius 1 is 1.42 bits per heavy atom. The number of aromatic hydroxyl groups is 1. The normalized spacial score (nSPS) is 12.8. The Morgan fingerprint density at radius 2 is 2.21 bits per heavy atom. The highest BCUT2D eigenvalue weighted by atomic mass is 32.1. The third-order valence-electron chi connectivity index (χ3n) is 3.34. The molecule has 0 aliphatic carbocycles. The molecule has 0 spiro atoms. The van der Waals surface area contributed by atoms with Crippen LogP contribution in [0.25, 0.3) is 0 Å². The summed E-state index contributed by atoms with van der Waals surface area (Å²) in [6.07, 6.45) is 0. The Kier molecular flexibility index (Phi) is 4.56. The largest absolute Gasteiger partial charge is 0.508 e. The molecule has 1 aromatic heterocycles. The van der Waals surface area contributed by atoms with Crippen molar-refractivity contribution in [3.05, 3.63) is 45.9 Å². The van der Waals surface area contributed by atoms with Gasteiger partial charge in [-0.05, 0) is 38.1 Å². The Bertz CT molecular complexity index is 538. The van der Waals surface area contributed by atoms with Gasteiger partial charge in [-0.2, -0.15) is 0 Å². The van der Waals surface area contributed by atoms with E-state index in [2.05, 4.69) is 35.2 Å². The van der Waals surface area contributed by atoms with E-state index in [1.807, 2.05) is 19.1 Å². The van der Waals surface area contributed by atoms with Gasteiger partial charge >= 0.3 is 0 Å². The maximum absolute atomic E-state index is 9.58. The summed E-state index contributed by atoms with van der Waals surface area (Å²) in [6, 6.07) is 7.75. The van der Waals surface area contributed by atoms with Crippen molar-refractivity contribution in [2.24, 2.45) is 0 Å². The molecule has 0 fully saturated rings. The van der Waals surface area contributed by atoms with Gasteiger partial charge in [0.15, 0.2) is 0 Å². The summed E-state index contributed by atoms with van der Waals surface area (Å²) in [5, 5.41) is 12.8. The Morgan fingerprint density at radius 3 is 2.79 bits per heavy atom. The van der Waals surface area contributed by atoms with Crippen LogP contribution in [0.4, 0.5) is 0 Å². The van der Waals surface area contributed by atoms with Crippen molar-refractivity contribution in [1.82, 2.24) is 9.88 Å². The third-order valence-corrected chi connectivity index (χ3v) is 4.16. The molecule has 19 heavy (non-hydrogen) atoms. The van der Waals surface area contributed by atoms with Gasteiger partial charge in [-0.15, -0.1) is 11.3 Å². The van der Waals surface area contributed by atoms with Crippen molar-refractivity contribution in [2.75, 3.05) is 6.54 Å². The summed E-state index contributed by atoms with van der Waals surface area (Å²) >= 11 is 1.69. The zero-order chi connectivity index (χ0) is 13.8. The molecule has 3 nitrogen and oxygen atoms in total. The van der Waals surface area contributed by atoms with Crippen LogP contribution in [0.2, 0.25) is 0 Å². The zero-order valence-corrected chi connectivity index (χ0v) is 12.4. The van der Waals surface area contributed by atoms with Crippen LogP contribution in [0.1, 0.15) is 36.2 Å². The van der Waals surface area contributed by atoms with E-state index in [0.29, 0.717) is 5.75 Å². The molecule has 2 aromatic rings. The second-order valence-electron chi connectivity index (χ2n) is 4.69. The number of thiazole rings is 1. The average Bonchev–Trinajstić information content (AvgIpc) is 2.81. The van der Waals surface area contributed by atoms with E-state index in [-0.39, 0.29) is 6.04 Å². The zero-order valence-electron chi connectivity index (χ0n) is 11.6. The van der Waals surface area contributed by atoms with E-state index in [1.54, 1.807) is 17.4 Å². The molecule has 0 saturated heterocycles. The van der Waals surface area contributed by atoms with Crippen molar-refractivity contribution in [3.8, 4) is 5.75 Å². The molecule has 4 heteroatoms. The molecule has 0 aliphatic rings. The lowest BCUT2D eigenvalue weighted by Gasteiger charge is -2.27. The van der Waals surface area contributed by atoms with Gasteiger partial charge < -0.3 is 5.11 Å². The summed E-state index contributed by atoms with van der Waals surface area (Å²) in [5.74, 6) is 0.324. The molecule has 0 saturated carbocycles. The SMILES string of the molecule is CCN(Cc1csc(C)n1)[C@H](C)c1cccc(O)c1. The van der Waals surface area contributed by atoms with Gasteiger partial charge in [0.25, 0.3) is 0 Å². The van der Waals surface area contributed by atoms with Gasteiger partial charge in [0.1, 0.15) is 5.75 Å². The third kappa shape index (κ3) is 3.55. The number of rotatable bonds is 5. The molecular weight excluding hydrogens is 256 g/mol. The van der Waals surface area contributed by atoms with Gasteiger partial charge in [-0.1, -0.05) is 19.1 Å². The molecule has 0 bridgehead atoms. The minimum absolute atomic E-state index is 0.263. The molecular formula is C15H20N2OS. The predicted octanol–water partition coefficient (Wildman–Crippen LogP) is 3.74. The number of benzene rings is 1. The smallest absolute Gasteiger partial charge is 0.115 e. The summed E-state index contributed by atoms with van der Waals surface area (Å²) in [7, 11) is 0. The van der Waals surface area contributed by atoms with E-state index in [4.69, 9.17) is 0 Å². The van der Waals surface area contributed by atoms with Crippen molar-refractivity contribution in [3.63, 3.8) is 0 Å². The van der Waals surface area contributed by atoms with Gasteiger partial charge in [0.2, 0.25) is 0 Å². The topological polar surface area (TPSA) is 36.4 Å². The standard InChI is InChI=1S/C15H20N2OS/c1-4-17(9-14-10-19-12(3)16-14)11(2)13-6-5-7-15(18)8-13/h5-8,10-11,18H,4,9H2,1-3H3/t11-/m1/s1. The van der Waals surface area contributed by atoms with Gasteiger partial charge in [0.05, 0.1) is 10.7 Å². The first-order valence-corrected chi connectivity index (χ1v) is 7.42. The summed E-state index contributed by atoms with van der Waals surface area (Å²) in [5.41, 5.74) is 2.25. The molecule has 0 unspecified atom stereocenters. The number of hydrogen-bond acceptors (Lipinski definition) is 4. The van der Waals surface area contributed by atoms with Gasteiger partial charge in [-0.25, -0.2) is 4.98 Å². The monoisotopic (exact) mass is 276 g/mol. The Hall–Kier alpha value is -1.39. The number of aryl methyl sites for hydroxylation is 1. The lowest BCUT2D eigenvalue weighted by atomic mass is 10.1. The summed E-state index contributed by atoms with van der Waals surface area (Å²) < 4.78 is 0. The van der Waals surface area contributed by atoms with E-state index < -0.39 is 0 Å². The molecule has 0 radical (unpaired) electrons. The number of aromatic nitrogens is 1.